The zero-order valence-electron chi connectivity index (χ0n) is 35.0. The third-order valence-electron chi connectivity index (χ3n) is 11.2. The van der Waals surface area contributed by atoms with Crippen LogP contribution in [0.2, 0.25) is 0 Å². The Balaban J connectivity index is 1.30. The van der Waals surface area contributed by atoms with E-state index in [2.05, 4.69) is 38.6 Å². The van der Waals surface area contributed by atoms with Crippen molar-refractivity contribution in [3.05, 3.63) is 36.0 Å². The summed E-state index contributed by atoms with van der Waals surface area (Å²) in [7, 11) is 4.63. The summed E-state index contributed by atoms with van der Waals surface area (Å²) >= 11 is 0. The molecule has 340 valence electrons. The third kappa shape index (κ3) is 14.1. The second kappa shape index (κ2) is 23.0. The molecule has 3 aliphatic heterocycles. The zero-order chi connectivity index (χ0) is 44.8. The van der Waals surface area contributed by atoms with Gasteiger partial charge in [0.15, 0.2) is 0 Å². The second-order valence-corrected chi connectivity index (χ2v) is 18.7. The number of carbonyl (C=O) groups is 8. The van der Waals surface area contributed by atoms with Crippen LogP contribution in [0.4, 0.5) is 0 Å². The first-order valence-electron chi connectivity index (χ1n) is 20.7. The highest BCUT2D eigenvalue weighted by atomic mass is 33.1. The molecule has 9 N–H and O–H groups in total. The number of nitrogens with one attached hydrogen (secondary N) is 6. The van der Waals surface area contributed by atoms with Gasteiger partial charge >= 0.3 is 5.97 Å². The lowest BCUT2D eigenvalue weighted by atomic mass is 10.1. The number of amides is 7. The molecule has 3 unspecified atom stereocenters. The summed E-state index contributed by atoms with van der Waals surface area (Å²) in [6, 6.07) is 1.40. The maximum Gasteiger partial charge on any atom is 0.305 e. The number of morpholine rings is 1. The Morgan fingerprint density at radius 3 is 2.44 bits per heavy atom. The SMILES string of the molecule is C[C@@H]1NC(=O)C(CC(=O)O)NC(=O)CNC(=O)C(CCCC[N+]2(C)CCOCC2)NC(=O)CCSSC[C@@H](C(N)=O)NC(=O)[C@@H]2CC(OCc3c[nH]c4ccccc34)CN2C1=O. The molecular formula is C40H58N9O11S2+. The van der Waals surface area contributed by atoms with E-state index in [1.165, 1.54) is 33.4 Å². The highest BCUT2D eigenvalue weighted by Gasteiger charge is 2.43. The highest BCUT2D eigenvalue weighted by molar-refractivity contribution is 8.76. The van der Waals surface area contributed by atoms with E-state index in [1.54, 1.807) is 0 Å². The number of H-pyrrole nitrogens is 1. The van der Waals surface area contributed by atoms with Gasteiger partial charge in [-0.3, -0.25) is 38.4 Å². The van der Waals surface area contributed by atoms with Crippen molar-refractivity contribution in [2.45, 2.75) is 88.4 Å². The maximum absolute atomic E-state index is 14.0. The van der Waals surface area contributed by atoms with Crippen LogP contribution in [0.3, 0.4) is 0 Å². The monoisotopic (exact) mass is 904 g/mol. The number of fused-ring (bicyclic) bond motifs is 2. The Kier molecular flexibility index (Phi) is 17.8. The fourth-order valence-electron chi connectivity index (χ4n) is 7.57. The van der Waals surface area contributed by atoms with Gasteiger partial charge in [0, 0.05) is 53.6 Å². The van der Waals surface area contributed by atoms with Gasteiger partial charge in [-0.1, -0.05) is 39.8 Å². The second-order valence-electron chi connectivity index (χ2n) is 16.0. The van der Waals surface area contributed by atoms with E-state index < -0.39 is 96.6 Å². The van der Waals surface area contributed by atoms with Gasteiger partial charge < -0.3 is 61.3 Å². The van der Waals surface area contributed by atoms with Gasteiger partial charge in [-0.05, 0) is 32.3 Å². The summed E-state index contributed by atoms with van der Waals surface area (Å²) in [6.07, 6.45) is 2.02. The van der Waals surface area contributed by atoms with E-state index in [-0.39, 0.29) is 43.9 Å². The molecule has 0 spiro atoms. The number of aromatic nitrogens is 1. The number of para-hydroxylation sites is 1. The molecule has 2 aromatic rings. The molecule has 7 amide bonds. The summed E-state index contributed by atoms with van der Waals surface area (Å²) in [5.74, 6) is -6.22. The lowest BCUT2D eigenvalue weighted by molar-refractivity contribution is -0.917. The number of unbranched alkanes of at least 4 members (excludes halogenated alkanes) is 1. The van der Waals surface area contributed by atoms with E-state index in [9.17, 15) is 43.5 Å². The molecule has 3 aliphatic rings. The smallest absolute Gasteiger partial charge is 0.305 e. The van der Waals surface area contributed by atoms with Crippen LogP contribution in [0.25, 0.3) is 10.9 Å². The predicted molar refractivity (Wildman–Crippen MR) is 230 cm³/mol. The fourth-order valence-corrected chi connectivity index (χ4v) is 9.74. The molecule has 1 aromatic heterocycles. The molecule has 0 bridgehead atoms. The van der Waals surface area contributed by atoms with Crippen LogP contribution >= 0.6 is 21.6 Å². The maximum atomic E-state index is 14.0. The van der Waals surface area contributed by atoms with Crippen molar-refractivity contribution in [1.29, 1.82) is 0 Å². The van der Waals surface area contributed by atoms with Crippen molar-refractivity contribution in [2.24, 2.45) is 5.73 Å². The molecule has 0 radical (unpaired) electrons. The molecule has 0 aliphatic carbocycles. The Bertz CT molecular complexity index is 1940. The normalized spacial score (nSPS) is 26.4. The zero-order valence-corrected chi connectivity index (χ0v) is 36.6. The van der Waals surface area contributed by atoms with Crippen LogP contribution in [0.1, 0.15) is 51.0 Å². The minimum absolute atomic E-state index is 0.00768. The van der Waals surface area contributed by atoms with Gasteiger partial charge in [-0.15, -0.1) is 0 Å². The van der Waals surface area contributed by atoms with E-state index in [4.69, 9.17) is 15.2 Å². The van der Waals surface area contributed by atoms with Gasteiger partial charge in [-0.25, -0.2) is 0 Å². The van der Waals surface area contributed by atoms with Crippen molar-refractivity contribution in [2.75, 3.05) is 64.5 Å². The first-order valence-corrected chi connectivity index (χ1v) is 23.2. The van der Waals surface area contributed by atoms with Crippen molar-refractivity contribution >= 4 is 79.8 Å². The first-order chi connectivity index (χ1) is 29.6. The molecule has 6 atom stereocenters. The number of carbonyl (C=O) groups excluding carboxylic acids is 7. The number of aliphatic carboxylic acids is 1. The number of benzene rings is 1. The highest BCUT2D eigenvalue weighted by Crippen LogP contribution is 2.27. The number of nitrogens with two attached hydrogens (primary N) is 1. The molecular weight excluding hydrogens is 847 g/mol. The van der Waals surface area contributed by atoms with E-state index in [0.29, 0.717) is 19.6 Å². The fraction of sp³-hybridized carbons (Fsp3) is 0.600. The van der Waals surface area contributed by atoms with Gasteiger partial charge in [0.25, 0.3) is 0 Å². The summed E-state index contributed by atoms with van der Waals surface area (Å²) in [5.41, 5.74) is 7.46. The number of hydrogen-bond donors (Lipinski definition) is 8. The van der Waals surface area contributed by atoms with Crippen LogP contribution in [0.15, 0.2) is 30.5 Å². The minimum atomic E-state index is -1.65. The first kappa shape index (κ1) is 48.1. The average molecular weight is 905 g/mol. The Morgan fingerprint density at radius 1 is 0.952 bits per heavy atom. The number of likely N-dealkylation sites (N-methyl/N-ethyl adjacent to an activating group) is 1. The Labute approximate surface area is 367 Å². The van der Waals surface area contributed by atoms with Crippen LogP contribution in [0, 0.1) is 0 Å². The van der Waals surface area contributed by atoms with E-state index in [1.807, 2.05) is 30.5 Å². The number of aromatic amines is 1. The van der Waals surface area contributed by atoms with Crippen LogP contribution in [-0.4, -0.2) is 168 Å². The van der Waals surface area contributed by atoms with Gasteiger partial charge in [0.1, 0.15) is 43.3 Å². The Morgan fingerprint density at radius 2 is 1.69 bits per heavy atom. The number of carboxylic acids is 1. The minimum Gasteiger partial charge on any atom is -0.481 e. The van der Waals surface area contributed by atoms with E-state index >= 15 is 0 Å². The molecule has 3 fully saturated rings. The van der Waals surface area contributed by atoms with Crippen molar-refractivity contribution in [3.63, 3.8) is 0 Å². The largest absolute Gasteiger partial charge is 0.481 e. The molecule has 62 heavy (non-hydrogen) atoms. The number of nitrogens with zero attached hydrogens (tertiary/aromatic N) is 2. The molecule has 22 heteroatoms. The molecule has 3 saturated heterocycles. The van der Waals surface area contributed by atoms with E-state index in [0.717, 1.165) is 47.0 Å². The standard InChI is InChI=1S/C40H57N9O11S2/c1-24-40(58)48-21-26(60-22-25-19-42-28-8-4-3-7-27(25)28)17-32(48)39(57)47-31(36(41)54)23-62-61-16-10-33(50)45-29(9-5-6-11-49(2)12-14-59-15-13-49)37(55)43-20-34(51)46-30(18-35(52)53)38(56)44-24/h3-4,7-8,19,24,26,29-32,42H,5-6,9-18,20-23H2,1-2H3,(H7-,41,43,44,45,46,47,50,51,52,53,54,55,56,57)/p+1/t24-,26?,29?,30?,31-,32-/m0/s1. The summed E-state index contributed by atoms with van der Waals surface area (Å²) in [4.78, 5) is 110. The van der Waals surface area contributed by atoms with Crippen LogP contribution in [-0.2, 0) is 54.4 Å². The third-order valence-corrected chi connectivity index (χ3v) is 13.6. The predicted octanol–water partition coefficient (Wildman–Crippen LogP) is -0.878. The van der Waals surface area contributed by atoms with Crippen molar-refractivity contribution in [1.82, 2.24) is 36.5 Å². The number of quaternary nitrogens is 1. The summed E-state index contributed by atoms with van der Waals surface area (Å²) in [5, 5.41) is 23.2. The van der Waals surface area contributed by atoms with Crippen molar-refractivity contribution in [3.8, 4) is 0 Å². The van der Waals surface area contributed by atoms with Gasteiger partial charge in [0.05, 0.1) is 52.5 Å². The number of ether oxygens (including phenoxy) is 2. The molecule has 0 saturated carbocycles. The number of hydrogen-bond acceptors (Lipinski definition) is 12. The number of carboxylic acid groups (broad SMARTS) is 1. The molecule has 5 rings (SSSR count). The summed E-state index contributed by atoms with van der Waals surface area (Å²) < 4.78 is 12.5. The van der Waals surface area contributed by atoms with Crippen LogP contribution < -0.4 is 32.3 Å². The number of primary amides is 1. The molecule has 20 nitrogen and oxygen atoms in total. The van der Waals surface area contributed by atoms with Gasteiger partial charge in [-0.2, -0.15) is 0 Å². The molecule has 1 aromatic carbocycles. The quantitative estimate of drug-likeness (QED) is 0.0774. The average Bonchev–Trinajstić information content (AvgIpc) is 3.86. The molecule has 4 heterocycles. The van der Waals surface area contributed by atoms with Gasteiger partial charge in [0.2, 0.25) is 41.4 Å². The lowest BCUT2D eigenvalue weighted by Crippen LogP contribution is -2.58. The summed E-state index contributed by atoms with van der Waals surface area (Å²) in [6.45, 7) is 4.76. The lowest BCUT2D eigenvalue weighted by Gasteiger charge is -2.37. The topological polar surface area (TPSA) is 280 Å². The van der Waals surface area contributed by atoms with Crippen LogP contribution in [0.5, 0.6) is 0 Å². The number of rotatable bonds is 11. The Hall–Kier alpha value is -4.90. The van der Waals surface area contributed by atoms with Crippen molar-refractivity contribution < 1.29 is 57.4 Å².